The van der Waals surface area contributed by atoms with Crippen LogP contribution in [0, 0.1) is 11.8 Å². The summed E-state index contributed by atoms with van der Waals surface area (Å²) in [6, 6.07) is 8.81. The molecule has 2 aliphatic carbocycles. The van der Waals surface area contributed by atoms with Gasteiger partial charge in [-0.25, -0.2) is 8.42 Å². The number of hydrogen-bond donors (Lipinski definition) is 0. The fourth-order valence-electron chi connectivity index (χ4n) is 2.72. The van der Waals surface area contributed by atoms with Crippen LogP contribution in [-0.4, -0.2) is 13.7 Å². The highest BCUT2D eigenvalue weighted by molar-refractivity contribution is 7.92. The van der Waals surface area contributed by atoms with Crippen LogP contribution in [0.4, 0.5) is 0 Å². The molecule has 0 spiro atoms. The van der Waals surface area contributed by atoms with E-state index in [1.165, 1.54) is 0 Å². The third-order valence-corrected chi connectivity index (χ3v) is 5.92. The average Bonchev–Trinajstić information content (AvgIpc) is 3.05. The van der Waals surface area contributed by atoms with Crippen molar-refractivity contribution in [2.75, 3.05) is 0 Å². The predicted molar refractivity (Wildman–Crippen MR) is 62.8 cm³/mol. The molecule has 0 heterocycles. The predicted octanol–water partition coefficient (Wildman–Crippen LogP) is 2.42. The summed E-state index contributed by atoms with van der Waals surface area (Å²) in [5.41, 5.74) is 0. The lowest BCUT2D eigenvalue weighted by Crippen LogP contribution is -2.10. The van der Waals surface area contributed by atoms with Gasteiger partial charge in [0.2, 0.25) is 0 Å². The van der Waals surface area contributed by atoms with Crippen LogP contribution in [0.25, 0.3) is 0 Å². The molecule has 3 rings (SSSR count). The number of allylic oxidation sites excluding steroid dienone is 2. The standard InChI is InChI=1S/C13H14O2S/c14-16(15,10-6-2-1-3-7-10)13-11-8-4-5-9-12(11)13/h1-4,6-8,11-13H,5,9H2. The van der Waals surface area contributed by atoms with Gasteiger partial charge < -0.3 is 0 Å². The molecule has 0 aromatic heterocycles. The highest BCUT2D eigenvalue weighted by Gasteiger charge is 2.56. The first kappa shape index (κ1) is 10.1. The van der Waals surface area contributed by atoms with Crippen LogP contribution in [0.15, 0.2) is 47.4 Å². The molecule has 3 atom stereocenters. The summed E-state index contributed by atoms with van der Waals surface area (Å²) in [6.07, 6.45) is 6.25. The molecular weight excluding hydrogens is 220 g/mol. The monoisotopic (exact) mass is 234 g/mol. The summed E-state index contributed by atoms with van der Waals surface area (Å²) >= 11 is 0. The largest absolute Gasteiger partial charge is 0.223 e. The van der Waals surface area contributed by atoms with Crippen molar-refractivity contribution in [1.82, 2.24) is 0 Å². The summed E-state index contributed by atoms with van der Waals surface area (Å²) in [5.74, 6) is 0.647. The zero-order valence-corrected chi connectivity index (χ0v) is 9.73. The van der Waals surface area contributed by atoms with Crippen LogP contribution in [0.3, 0.4) is 0 Å². The summed E-state index contributed by atoms with van der Waals surface area (Å²) in [5, 5.41) is -0.159. The first-order chi connectivity index (χ1) is 7.71. The quantitative estimate of drug-likeness (QED) is 0.736. The molecule has 0 N–H and O–H groups in total. The van der Waals surface area contributed by atoms with Gasteiger partial charge in [-0.05, 0) is 36.8 Å². The summed E-state index contributed by atoms with van der Waals surface area (Å²) in [6.45, 7) is 0. The maximum Gasteiger partial charge on any atom is 0.182 e. The lowest BCUT2D eigenvalue weighted by Gasteiger charge is -2.02. The maximum atomic E-state index is 12.3. The molecule has 0 bridgehead atoms. The van der Waals surface area contributed by atoms with Gasteiger partial charge in [0.25, 0.3) is 0 Å². The minimum Gasteiger partial charge on any atom is -0.223 e. The van der Waals surface area contributed by atoms with Crippen LogP contribution in [-0.2, 0) is 9.84 Å². The van der Waals surface area contributed by atoms with E-state index in [1.807, 2.05) is 6.07 Å². The molecule has 3 heteroatoms. The van der Waals surface area contributed by atoms with Gasteiger partial charge in [-0.1, -0.05) is 30.4 Å². The van der Waals surface area contributed by atoms with Gasteiger partial charge in [-0.2, -0.15) is 0 Å². The molecule has 1 fully saturated rings. The Morgan fingerprint density at radius 2 is 1.88 bits per heavy atom. The van der Waals surface area contributed by atoms with E-state index in [1.54, 1.807) is 24.3 Å². The summed E-state index contributed by atoms with van der Waals surface area (Å²) < 4.78 is 24.7. The molecule has 16 heavy (non-hydrogen) atoms. The van der Waals surface area contributed by atoms with Crippen LogP contribution in [0.2, 0.25) is 0 Å². The van der Waals surface area contributed by atoms with Gasteiger partial charge in [0.15, 0.2) is 9.84 Å². The van der Waals surface area contributed by atoms with Crippen molar-refractivity contribution in [2.24, 2.45) is 11.8 Å². The molecule has 0 aliphatic heterocycles. The maximum absolute atomic E-state index is 12.3. The van der Waals surface area contributed by atoms with E-state index in [4.69, 9.17) is 0 Å². The number of fused-ring (bicyclic) bond motifs is 1. The molecule has 84 valence electrons. The lowest BCUT2D eigenvalue weighted by atomic mass is 10.1. The van der Waals surface area contributed by atoms with Crippen molar-refractivity contribution >= 4 is 9.84 Å². The molecule has 2 nitrogen and oxygen atoms in total. The van der Waals surface area contributed by atoms with Gasteiger partial charge >= 0.3 is 0 Å². The first-order valence-corrected chi connectivity index (χ1v) is 7.21. The molecule has 0 saturated heterocycles. The smallest absolute Gasteiger partial charge is 0.182 e. The molecule has 1 aromatic rings. The van der Waals surface area contributed by atoms with E-state index in [2.05, 4.69) is 12.2 Å². The van der Waals surface area contributed by atoms with Gasteiger partial charge in [0.1, 0.15) is 0 Å². The van der Waals surface area contributed by atoms with E-state index in [9.17, 15) is 8.42 Å². The second kappa shape index (κ2) is 3.45. The molecule has 0 amide bonds. The van der Waals surface area contributed by atoms with Crippen molar-refractivity contribution < 1.29 is 8.42 Å². The Morgan fingerprint density at radius 3 is 2.50 bits per heavy atom. The van der Waals surface area contributed by atoms with Crippen molar-refractivity contribution in [3.8, 4) is 0 Å². The molecule has 0 radical (unpaired) electrons. The van der Waals surface area contributed by atoms with Crippen LogP contribution in [0.5, 0.6) is 0 Å². The number of rotatable bonds is 2. The highest BCUT2D eigenvalue weighted by atomic mass is 32.2. The second-order valence-electron chi connectivity index (χ2n) is 4.57. The second-order valence-corrected chi connectivity index (χ2v) is 6.68. The Morgan fingerprint density at radius 1 is 1.12 bits per heavy atom. The Hall–Kier alpha value is -1.09. The molecule has 1 saturated carbocycles. The van der Waals surface area contributed by atoms with E-state index in [-0.39, 0.29) is 11.2 Å². The van der Waals surface area contributed by atoms with E-state index >= 15 is 0 Å². The van der Waals surface area contributed by atoms with Crippen molar-refractivity contribution in [1.29, 1.82) is 0 Å². The fraction of sp³-hybridized carbons (Fsp3) is 0.385. The van der Waals surface area contributed by atoms with E-state index in [0.29, 0.717) is 10.8 Å². The molecule has 3 unspecified atom stereocenters. The lowest BCUT2D eigenvalue weighted by molar-refractivity contribution is 0.590. The normalized spacial score (nSPS) is 32.1. The number of hydrogen-bond acceptors (Lipinski definition) is 2. The van der Waals surface area contributed by atoms with Crippen LogP contribution < -0.4 is 0 Å². The van der Waals surface area contributed by atoms with Gasteiger partial charge in [-0.15, -0.1) is 0 Å². The van der Waals surface area contributed by atoms with Gasteiger partial charge in [0, 0.05) is 0 Å². The summed E-state index contributed by atoms with van der Waals surface area (Å²) in [4.78, 5) is 0.475. The van der Waals surface area contributed by atoms with Crippen molar-refractivity contribution in [3.05, 3.63) is 42.5 Å². The number of sulfone groups is 1. The fourth-order valence-corrected chi connectivity index (χ4v) is 4.97. The van der Waals surface area contributed by atoms with Crippen molar-refractivity contribution in [3.63, 3.8) is 0 Å². The Labute approximate surface area is 95.9 Å². The third kappa shape index (κ3) is 1.42. The summed E-state index contributed by atoms with van der Waals surface area (Å²) in [7, 11) is -3.10. The third-order valence-electron chi connectivity index (χ3n) is 3.61. The number of benzene rings is 1. The molecular formula is C13H14O2S. The molecule has 2 aliphatic rings. The zero-order valence-electron chi connectivity index (χ0n) is 8.91. The van der Waals surface area contributed by atoms with Crippen molar-refractivity contribution in [2.45, 2.75) is 23.0 Å². The minimum absolute atomic E-state index is 0.159. The highest BCUT2D eigenvalue weighted by Crippen LogP contribution is 2.52. The van der Waals surface area contributed by atoms with E-state index < -0.39 is 9.84 Å². The zero-order chi connectivity index (χ0) is 11.2. The Balaban J connectivity index is 1.94. The van der Waals surface area contributed by atoms with E-state index in [0.717, 1.165) is 12.8 Å². The molecule has 1 aromatic carbocycles. The van der Waals surface area contributed by atoms with Gasteiger partial charge in [-0.3, -0.25) is 0 Å². The average molecular weight is 234 g/mol. The van der Waals surface area contributed by atoms with Crippen LogP contribution in [0.1, 0.15) is 12.8 Å². The van der Waals surface area contributed by atoms with Crippen LogP contribution >= 0.6 is 0 Å². The van der Waals surface area contributed by atoms with Gasteiger partial charge in [0.05, 0.1) is 10.1 Å². The first-order valence-electron chi connectivity index (χ1n) is 5.67. The minimum atomic E-state index is -3.10. The SMILES string of the molecule is O=S(=O)(c1ccccc1)C1C2C=CCCC21. The Kier molecular flexibility index (Phi) is 2.18. The Bertz CT molecular complexity index is 516. The topological polar surface area (TPSA) is 34.1 Å².